The maximum Gasteiger partial charge on any atom is 0.169 e. The van der Waals surface area contributed by atoms with Crippen LogP contribution in [0.2, 0.25) is 0 Å². The van der Waals surface area contributed by atoms with Gasteiger partial charge in [-0.2, -0.15) is 0 Å². The molecule has 0 heterocycles. The van der Waals surface area contributed by atoms with E-state index in [9.17, 15) is 9.90 Å². The lowest BCUT2D eigenvalue weighted by molar-refractivity contribution is -0.139. The van der Waals surface area contributed by atoms with Gasteiger partial charge in [-0.25, -0.2) is 0 Å². The van der Waals surface area contributed by atoms with Gasteiger partial charge in [0.2, 0.25) is 0 Å². The number of Topliss-reactive ketones (excluding diaryl/α,β-unsaturated/α-hetero) is 1. The van der Waals surface area contributed by atoms with Crippen LogP contribution in [-0.2, 0) is 4.79 Å². The first-order valence-electron chi connectivity index (χ1n) is 4.20. The van der Waals surface area contributed by atoms with Crippen molar-refractivity contribution in [2.45, 2.75) is 45.6 Å². The number of hydrogen-bond donors (Lipinski definition) is 1. The highest BCUT2D eigenvalue weighted by molar-refractivity contribution is 5.93. The standard InChI is InChI=1S/C9H16O2/c1-4-9(11)6-5-8(2,3)7(9)10/h11H,4-6H2,1-3H3/t9-/m0/s1. The minimum absolute atomic E-state index is 0.0208. The summed E-state index contributed by atoms with van der Waals surface area (Å²) < 4.78 is 0. The molecule has 11 heavy (non-hydrogen) atoms. The number of aliphatic hydroxyl groups is 1. The average molecular weight is 156 g/mol. The van der Waals surface area contributed by atoms with Gasteiger partial charge in [-0.3, -0.25) is 4.79 Å². The molecule has 0 aliphatic heterocycles. The molecule has 1 fully saturated rings. The molecular weight excluding hydrogens is 140 g/mol. The Labute approximate surface area is 67.6 Å². The van der Waals surface area contributed by atoms with E-state index in [0.29, 0.717) is 12.8 Å². The van der Waals surface area contributed by atoms with Gasteiger partial charge in [0.15, 0.2) is 5.78 Å². The van der Waals surface area contributed by atoms with E-state index in [0.717, 1.165) is 6.42 Å². The Morgan fingerprint density at radius 3 is 2.18 bits per heavy atom. The number of carbonyl (C=O) groups is 1. The van der Waals surface area contributed by atoms with E-state index in [1.807, 2.05) is 20.8 Å². The summed E-state index contributed by atoms with van der Waals surface area (Å²) in [6.07, 6.45) is 2.00. The zero-order valence-corrected chi connectivity index (χ0v) is 7.48. The minimum Gasteiger partial charge on any atom is -0.382 e. The Morgan fingerprint density at radius 1 is 1.45 bits per heavy atom. The predicted octanol–water partition coefficient (Wildman–Crippen LogP) is 1.52. The SMILES string of the molecule is CC[C@]1(O)CCC(C)(C)C1=O. The van der Waals surface area contributed by atoms with Crippen molar-refractivity contribution in [2.75, 3.05) is 0 Å². The molecule has 0 aromatic heterocycles. The van der Waals surface area contributed by atoms with Gasteiger partial charge in [-0.15, -0.1) is 0 Å². The lowest BCUT2D eigenvalue weighted by Gasteiger charge is -2.21. The molecule has 0 spiro atoms. The summed E-state index contributed by atoms with van der Waals surface area (Å²) in [5.74, 6) is 0.0208. The van der Waals surface area contributed by atoms with Crippen molar-refractivity contribution in [1.82, 2.24) is 0 Å². The van der Waals surface area contributed by atoms with Crippen molar-refractivity contribution in [1.29, 1.82) is 0 Å². The molecule has 1 N–H and O–H groups in total. The second-order valence-electron chi connectivity index (χ2n) is 4.10. The molecular formula is C9H16O2. The van der Waals surface area contributed by atoms with Crippen molar-refractivity contribution in [2.24, 2.45) is 5.41 Å². The highest BCUT2D eigenvalue weighted by Gasteiger charge is 2.49. The van der Waals surface area contributed by atoms with Gasteiger partial charge >= 0.3 is 0 Å². The molecule has 2 heteroatoms. The monoisotopic (exact) mass is 156 g/mol. The molecule has 64 valence electrons. The molecule has 1 atom stereocenters. The Kier molecular flexibility index (Phi) is 1.83. The maximum absolute atomic E-state index is 11.5. The third kappa shape index (κ3) is 1.20. The molecule has 0 unspecified atom stereocenters. The summed E-state index contributed by atoms with van der Waals surface area (Å²) in [6.45, 7) is 5.67. The Morgan fingerprint density at radius 2 is 2.00 bits per heavy atom. The molecule has 0 radical (unpaired) electrons. The Bertz CT molecular complexity index is 184. The van der Waals surface area contributed by atoms with E-state index in [-0.39, 0.29) is 11.2 Å². The van der Waals surface area contributed by atoms with Crippen LogP contribution in [0.25, 0.3) is 0 Å². The second kappa shape index (κ2) is 2.31. The van der Waals surface area contributed by atoms with E-state index in [1.54, 1.807) is 0 Å². The first-order chi connectivity index (χ1) is 4.92. The van der Waals surface area contributed by atoms with Crippen LogP contribution in [0.1, 0.15) is 40.0 Å². The fourth-order valence-electron chi connectivity index (χ4n) is 1.71. The summed E-state index contributed by atoms with van der Waals surface area (Å²) in [5.41, 5.74) is -1.31. The van der Waals surface area contributed by atoms with Crippen LogP contribution in [0.5, 0.6) is 0 Å². The summed E-state index contributed by atoms with van der Waals surface area (Å²) >= 11 is 0. The fraction of sp³-hybridized carbons (Fsp3) is 0.889. The summed E-state index contributed by atoms with van der Waals surface area (Å²) in [5, 5.41) is 9.75. The smallest absolute Gasteiger partial charge is 0.169 e. The van der Waals surface area contributed by atoms with Crippen molar-refractivity contribution in [3.8, 4) is 0 Å². The van der Waals surface area contributed by atoms with Gasteiger partial charge in [0.25, 0.3) is 0 Å². The minimum atomic E-state index is -1.01. The quantitative estimate of drug-likeness (QED) is 0.625. The van der Waals surface area contributed by atoms with Crippen LogP contribution in [0, 0.1) is 5.41 Å². The molecule has 1 aliphatic rings. The van der Waals surface area contributed by atoms with Crippen LogP contribution in [0.15, 0.2) is 0 Å². The van der Waals surface area contributed by atoms with Crippen LogP contribution in [-0.4, -0.2) is 16.5 Å². The van der Waals surface area contributed by atoms with Crippen molar-refractivity contribution in [3.63, 3.8) is 0 Å². The predicted molar refractivity (Wildman–Crippen MR) is 43.3 cm³/mol. The van der Waals surface area contributed by atoms with Gasteiger partial charge in [0.05, 0.1) is 0 Å². The lowest BCUT2D eigenvalue weighted by Crippen LogP contribution is -2.37. The third-order valence-electron chi connectivity index (χ3n) is 2.79. The fourth-order valence-corrected chi connectivity index (χ4v) is 1.71. The number of rotatable bonds is 1. The highest BCUT2D eigenvalue weighted by Crippen LogP contribution is 2.41. The van der Waals surface area contributed by atoms with Gasteiger partial charge in [0.1, 0.15) is 5.60 Å². The van der Waals surface area contributed by atoms with E-state index in [1.165, 1.54) is 0 Å². The number of hydrogen-bond acceptors (Lipinski definition) is 2. The molecule has 1 rings (SSSR count). The van der Waals surface area contributed by atoms with E-state index >= 15 is 0 Å². The third-order valence-corrected chi connectivity index (χ3v) is 2.79. The molecule has 0 aromatic rings. The number of carbonyl (C=O) groups excluding carboxylic acids is 1. The van der Waals surface area contributed by atoms with Gasteiger partial charge in [-0.05, 0) is 19.3 Å². The molecule has 0 bridgehead atoms. The molecule has 0 amide bonds. The van der Waals surface area contributed by atoms with Crippen LogP contribution in [0.4, 0.5) is 0 Å². The maximum atomic E-state index is 11.5. The molecule has 1 saturated carbocycles. The number of ketones is 1. The normalized spacial score (nSPS) is 36.2. The zero-order chi connectivity index (χ0) is 8.70. The van der Waals surface area contributed by atoms with Crippen molar-refractivity contribution >= 4 is 5.78 Å². The summed E-state index contributed by atoms with van der Waals surface area (Å²) in [6, 6.07) is 0. The van der Waals surface area contributed by atoms with E-state index < -0.39 is 5.60 Å². The molecule has 1 aliphatic carbocycles. The first-order valence-corrected chi connectivity index (χ1v) is 4.20. The zero-order valence-electron chi connectivity index (χ0n) is 7.48. The van der Waals surface area contributed by atoms with E-state index in [2.05, 4.69) is 0 Å². The van der Waals surface area contributed by atoms with Crippen LogP contribution in [0.3, 0.4) is 0 Å². The topological polar surface area (TPSA) is 37.3 Å². The van der Waals surface area contributed by atoms with Gasteiger partial charge in [-0.1, -0.05) is 20.8 Å². The van der Waals surface area contributed by atoms with E-state index in [4.69, 9.17) is 0 Å². The van der Waals surface area contributed by atoms with Crippen LogP contribution < -0.4 is 0 Å². The Hall–Kier alpha value is -0.370. The summed E-state index contributed by atoms with van der Waals surface area (Å²) in [7, 11) is 0. The van der Waals surface area contributed by atoms with Crippen molar-refractivity contribution < 1.29 is 9.90 Å². The average Bonchev–Trinajstić information content (AvgIpc) is 2.16. The van der Waals surface area contributed by atoms with Crippen LogP contribution >= 0.6 is 0 Å². The van der Waals surface area contributed by atoms with Gasteiger partial charge in [0, 0.05) is 5.41 Å². The Balaban J connectivity index is 2.87. The second-order valence-corrected chi connectivity index (χ2v) is 4.10. The molecule has 0 saturated heterocycles. The lowest BCUT2D eigenvalue weighted by atomic mass is 9.86. The molecule has 0 aromatic carbocycles. The largest absolute Gasteiger partial charge is 0.382 e. The first kappa shape index (κ1) is 8.72. The van der Waals surface area contributed by atoms with Gasteiger partial charge < -0.3 is 5.11 Å². The highest BCUT2D eigenvalue weighted by atomic mass is 16.3. The summed E-state index contributed by atoms with van der Waals surface area (Å²) in [4.78, 5) is 11.5. The van der Waals surface area contributed by atoms with Crippen molar-refractivity contribution in [3.05, 3.63) is 0 Å². The molecule has 2 nitrogen and oxygen atoms in total.